The highest BCUT2D eigenvalue weighted by Gasteiger charge is 2.10. The molecule has 0 aliphatic heterocycles. The summed E-state index contributed by atoms with van der Waals surface area (Å²) >= 11 is 1.76. The summed E-state index contributed by atoms with van der Waals surface area (Å²) in [6.07, 6.45) is 2.25. The average molecular weight is 299 g/mol. The smallest absolute Gasteiger partial charge is 0.0954 e. The largest absolute Gasteiger partial charge is 0.341 e. The lowest BCUT2D eigenvalue weighted by molar-refractivity contribution is 0.773. The van der Waals surface area contributed by atoms with Crippen molar-refractivity contribution in [3.05, 3.63) is 52.1 Å². The van der Waals surface area contributed by atoms with Gasteiger partial charge in [0.05, 0.1) is 17.2 Å². The molecule has 0 aliphatic carbocycles. The van der Waals surface area contributed by atoms with E-state index in [1.165, 1.54) is 21.5 Å². The Labute approximate surface area is 129 Å². The number of aromatic nitrogens is 2. The molecule has 0 atom stereocenters. The Balaban J connectivity index is 1.96. The SMILES string of the molecule is CNCc1cn(Cc2csc(C(C)C)n2)c2ccccc12. The predicted octanol–water partition coefficient (Wildman–Crippen LogP) is 3.99. The molecule has 0 aliphatic rings. The third-order valence-corrected chi connectivity index (χ3v) is 4.83. The van der Waals surface area contributed by atoms with Gasteiger partial charge in [0.15, 0.2) is 0 Å². The van der Waals surface area contributed by atoms with Gasteiger partial charge in [0.25, 0.3) is 0 Å². The molecule has 0 amide bonds. The number of rotatable bonds is 5. The van der Waals surface area contributed by atoms with E-state index in [-0.39, 0.29) is 0 Å². The summed E-state index contributed by atoms with van der Waals surface area (Å²) in [5.41, 5.74) is 3.77. The van der Waals surface area contributed by atoms with E-state index in [0.29, 0.717) is 5.92 Å². The van der Waals surface area contributed by atoms with Gasteiger partial charge in [-0.2, -0.15) is 0 Å². The average Bonchev–Trinajstić information content (AvgIpc) is 3.07. The molecular weight excluding hydrogens is 278 g/mol. The normalized spacial score (nSPS) is 11.6. The van der Waals surface area contributed by atoms with Crippen molar-refractivity contribution < 1.29 is 0 Å². The third-order valence-electron chi connectivity index (χ3n) is 3.63. The van der Waals surface area contributed by atoms with Crippen LogP contribution in [0.3, 0.4) is 0 Å². The van der Waals surface area contributed by atoms with Gasteiger partial charge in [0, 0.05) is 34.9 Å². The van der Waals surface area contributed by atoms with Crippen molar-refractivity contribution in [1.29, 1.82) is 0 Å². The van der Waals surface area contributed by atoms with Crippen LogP contribution in [-0.2, 0) is 13.1 Å². The molecule has 0 bridgehead atoms. The number of fused-ring (bicyclic) bond motifs is 1. The molecule has 4 heteroatoms. The van der Waals surface area contributed by atoms with Gasteiger partial charge >= 0.3 is 0 Å². The lowest BCUT2D eigenvalue weighted by Crippen LogP contribution is -2.04. The fourth-order valence-corrected chi connectivity index (χ4v) is 3.45. The minimum atomic E-state index is 0.505. The van der Waals surface area contributed by atoms with Crippen LogP contribution in [0.15, 0.2) is 35.8 Å². The molecule has 0 saturated carbocycles. The molecule has 0 spiro atoms. The van der Waals surface area contributed by atoms with Gasteiger partial charge in [-0.25, -0.2) is 4.98 Å². The minimum absolute atomic E-state index is 0.505. The first kappa shape index (κ1) is 14.3. The standard InChI is InChI=1S/C17H21N3S/c1-12(2)17-19-14(11-21-17)10-20-9-13(8-18-3)15-6-4-5-7-16(15)20/h4-7,9,11-12,18H,8,10H2,1-3H3. The topological polar surface area (TPSA) is 29.9 Å². The molecule has 3 rings (SSSR count). The molecule has 3 aromatic rings. The Bertz CT molecular complexity index is 739. The Morgan fingerprint density at radius 2 is 2.10 bits per heavy atom. The number of hydrogen-bond donors (Lipinski definition) is 1. The van der Waals surface area contributed by atoms with Gasteiger partial charge < -0.3 is 9.88 Å². The fraction of sp³-hybridized carbons (Fsp3) is 0.353. The zero-order valence-electron chi connectivity index (χ0n) is 12.8. The zero-order valence-corrected chi connectivity index (χ0v) is 13.6. The zero-order chi connectivity index (χ0) is 14.8. The molecular formula is C17H21N3S. The summed E-state index contributed by atoms with van der Waals surface area (Å²) in [6.45, 7) is 6.12. The third kappa shape index (κ3) is 2.87. The summed E-state index contributed by atoms with van der Waals surface area (Å²) < 4.78 is 2.31. The summed E-state index contributed by atoms with van der Waals surface area (Å²) in [7, 11) is 1.99. The molecule has 0 radical (unpaired) electrons. The minimum Gasteiger partial charge on any atom is -0.341 e. The van der Waals surface area contributed by atoms with Gasteiger partial charge in [-0.15, -0.1) is 11.3 Å². The van der Waals surface area contributed by atoms with E-state index in [4.69, 9.17) is 4.98 Å². The highest BCUT2D eigenvalue weighted by atomic mass is 32.1. The van der Waals surface area contributed by atoms with Crippen molar-refractivity contribution in [3.63, 3.8) is 0 Å². The van der Waals surface area contributed by atoms with Crippen LogP contribution in [0.1, 0.15) is 36.0 Å². The molecule has 0 saturated heterocycles. The van der Waals surface area contributed by atoms with Crippen LogP contribution >= 0.6 is 11.3 Å². The summed E-state index contributed by atoms with van der Waals surface area (Å²) in [6, 6.07) is 8.58. The first-order chi connectivity index (χ1) is 10.2. The molecule has 2 heterocycles. The highest BCUT2D eigenvalue weighted by molar-refractivity contribution is 7.09. The van der Waals surface area contributed by atoms with Crippen LogP contribution in [0, 0.1) is 0 Å². The molecule has 2 aromatic heterocycles. The van der Waals surface area contributed by atoms with E-state index < -0.39 is 0 Å². The van der Waals surface area contributed by atoms with Crippen LogP contribution in [0.4, 0.5) is 0 Å². The van der Waals surface area contributed by atoms with Crippen LogP contribution < -0.4 is 5.32 Å². The van der Waals surface area contributed by atoms with Crippen molar-refractivity contribution in [2.24, 2.45) is 0 Å². The van der Waals surface area contributed by atoms with Crippen molar-refractivity contribution in [1.82, 2.24) is 14.9 Å². The van der Waals surface area contributed by atoms with Crippen molar-refractivity contribution in [2.75, 3.05) is 7.05 Å². The number of thiazole rings is 1. The fourth-order valence-electron chi connectivity index (χ4n) is 2.62. The first-order valence-corrected chi connectivity index (χ1v) is 8.22. The second kappa shape index (κ2) is 6.00. The van der Waals surface area contributed by atoms with Gasteiger partial charge in [-0.1, -0.05) is 32.0 Å². The van der Waals surface area contributed by atoms with Gasteiger partial charge in [0.2, 0.25) is 0 Å². The summed E-state index contributed by atoms with van der Waals surface area (Å²) in [4.78, 5) is 4.75. The maximum atomic E-state index is 4.75. The number of benzene rings is 1. The Kier molecular flexibility index (Phi) is 4.08. The molecule has 3 nitrogen and oxygen atoms in total. The Hall–Kier alpha value is -1.65. The lowest BCUT2D eigenvalue weighted by Gasteiger charge is -2.03. The van der Waals surface area contributed by atoms with E-state index in [0.717, 1.165) is 18.8 Å². The Morgan fingerprint density at radius 3 is 2.81 bits per heavy atom. The molecule has 0 fully saturated rings. The van der Waals surface area contributed by atoms with Gasteiger partial charge in [0.1, 0.15) is 0 Å². The van der Waals surface area contributed by atoms with E-state index in [2.05, 4.69) is 59.6 Å². The van der Waals surface area contributed by atoms with E-state index in [9.17, 15) is 0 Å². The second-order valence-corrected chi connectivity index (χ2v) is 6.55. The predicted molar refractivity (Wildman–Crippen MR) is 90.0 cm³/mol. The highest BCUT2D eigenvalue weighted by Crippen LogP contribution is 2.24. The number of para-hydroxylation sites is 1. The van der Waals surface area contributed by atoms with Crippen LogP contribution in [-0.4, -0.2) is 16.6 Å². The molecule has 110 valence electrons. The van der Waals surface area contributed by atoms with Crippen LogP contribution in [0.2, 0.25) is 0 Å². The van der Waals surface area contributed by atoms with Crippen molar-refractivity contribution in [3.8, 4) is 0 Å². The second-order valence-electron chi connectivity index (χ2n) is 5.66. The van der Waals surface area contributed by atoms with E-state index >= 15 is 0 Å². The quantitative estimate of drug-likeness (QED) is 0.772. The van der Waals surface area contributed by atoms with Crippen LogP contribution in [0.25, 0.3) is 10.9 Å². The van der Waals surface area contributed by atoms with E-state index in [1.807, 2.05) is 7.05 Å². The Morgan fingerprint density at radius 1 is 1.29 bits per heavy atom. The van der Waals surface area contributed by atoms with Crippen LogP contribution in [0.5, 0.6) is 0 Å². The number of hydrogen-bond acceptors (Lipinski definition) is 3. The molecule has 1 N–H and O–H groups in total. The van der Waals surface area contributed by atoms with Gasteiger partial charge in [-0.05, 0) is 18.7 Å². The van der Waals surface area contributed by atoms with E-state index in [1.54, 1.807) is 11.3 Å². The first-order valence-electron chi connectivity index (χ1n) is 7.34. The molecule has 21 heavy (non-hydrogen) atoms. The molecule has 1 aromatic carbocycles. The lowest BCUT2D eigenvalue weighted by atomic mass is 10.2. The maximum Gasteiger partial charge on any atom is 0.0954 e. The molecule has 0 unspecified atom stereocenters. The van der Waals surface area contributed by atoms with Gasteiger partial charge in [-0.3, -0.25) is 0 Å². The monoisotopic (exact) mass is 299 g/mol. The number of nitrogens with one attached hydrogen (secondary N) is 1. The summed E-state index contributed by atoms with van der Waals surface area (Å²) in [5.74, 6) is 0.505. The van der Waals surface area contributed by atoms with Crippen molar-refractivity contribution >= 4 is 22.2 Å². The summed E-state index contributed by atoms with van der Waals surface area (Å²) in [5, 5.41) is 7.97. The number of nitrogens with zero attached hydrogens (tertiary/aromatic N) is 2. The van der Waals surface area contributed by atoms with Crippen molar-refractivity contribution in [2.45, 2.75) is 32.9 Å². The maximum absolute atomic E-state index is 4.75.